The van der Waals surface area contributed by atoms with Crippen LogP contribution in [0.3, 0.4) is 0 Å². The van der Waals surface area contributed by atoms with Crippen molar-refractivity contribution >= 4 is 28.5 Å². The highest BCUT2D eigenvalue weighted by atomic mass is 35.5. The van der Waals surface area contributed by atoms with Gasteiger partial charge in [-0.15, -0.1) is 0 Å². The van der Waals surface area contributed by atoms with Crippen molar-refractivity contribution in [2.24, 2.45) is 0 Å². The standard InChI is InChI=1S/C14H16ClNO4/c1-8(17)10-6-16(7-14(18)20-3)12-5-11(15)13(19-2)4-9(10)12/h4-6,8,17H,7H2,1-3H3. The zero-order valence-corrected chi connectivity index (χ0v) is 12.3. The molecule has 0 saturated carbocycles. The molecule has 0 spiro atoms. The van der Waals surface area contributed by atoms with Crippen LogP contribution in [0.5, 0.6) is 5.75 Å². The Hall–Kier alpha value is -1.72. The van der Waals surface area contributed by atoms with Crippen LogP contribution >= 0.6 is 11.6 Å². The summed E-state index contributed by atoms with van der Waals surface area (Å²) in [5.41, 5.74) is 1.45. The van der Waals surface area contributed by atoms with Crippen molar-refractivity contribution in [2.75, 3.05) is 14.2 Å². The number of halogens is 1. The third-order valence-electron chi connectivity index (χ3n) is 3.16. The van der Waals surface area contributed by atoms with Crippen molar-refractivity contribution in [3.8, 4) is 5.75 Å². The molecule has 1 unspecified atom stereocenters. The Kier molecular flexibility index (Phi) is 4.20. The van der Waals surface area contributed by atoms with Crippen LogP contribution in [0, 0.1) is 0 Å². The Bertz CT molecular complexity index is 648. The lowest BCUT2D eigenvalue weighted by Gasteiger charge is -2.07. The van der Waals surface area contributed by atoms with E-state index in [1.165, 1.54) is 14.2 Å². The molecule has 108 valence electrons. The number of carbonyl (C=O) groups excluding carboxylic acids is 1. The van der Waals surface area contributed by atoms with E-state index in [1.54, 1.807) is 29.8 Å². The number of methoxy groups -OCH3 is 2. The van der Waals surface area contributed by atoms with E-state index in [4.69, 9.17) is 16.3 Å². The summed E-state index contributed by atoms with van der Waals surface area (Å²) in [5, 5.41) is 11.1. The molecule has 0 aliphatic rings. The van der Waals surface area contributed by atoms with E-state index in [0.29, 0.717) is 16.3 Å². The second-order valence-corrected chi connectivity index (χ2v) is 4.88. The van der Waals surface area contributed by atoms with Gasteiger partial charge >= 0.3 is 5.97 Å². The fourth-order valence-corrected chi connectivity index (χ4v) is 2.38. The zero-order valence-electron chi connectivity index (χ0n) is 11.5. The topological polar surface area (TPSA) is 60.7 Å². The Labute approximate surface area is 121 Å². The van der Waals surface area contributed by atoms with Gasteiger partial charge in [0.25, 0.3) is 0 Å². The summed E-state index contributed by atoms with van der Waals surface area (Å²) < 4.78 is 11.6. The minimum atomic E-state index is -0.665. The number of aliphatic hydroxyl groups excluding tert-OH is 1. The first-order valence-electron chi connectivity index (χ1n) is 6.09. The van der Waals surface area contributed by atoms with Gasteiger partial charge in [0.1, 0.15) is 12.3 Å². The molecule has 5 nitrogen and oxygen atoms in total. The number of fused-ring (bicyclic) bond motifs is 1. The Balaban J connectivity index is 2.64. The SMILES string of the molecule is COC(=O)Cn1cc(C(C)O)c2cc(OC)c(Cl)cc21. The molecule has 6 heteroatoms. The van der Waals surface area contributed by atoms with Gasteiger partial charge in [-0.3, -0.25) is 4.79 Å². The zero-order chi connectivity index (χ0) is 14.9. The molecular formula is C14H16ClNO4. The summed E-state index contributed by atoms with van der Waals surface area (Å²) in [5.74, 6) is 0.155. The molecule has 1 N–H and O–H groups in total. The van der Waals surface area contributed by atoms with Crippen molar-refractivity contribution < 1.29 is 19.4 Å². The van der Waals surface area contributed by atoms with Gasteiger partial charge in [0.15, 0.2) is 0 Å². The third-order valence-corrected chi connectivity index (χ3v) is 3.46. The number of aromatic nitrogens is 1. The van der Waals surface area contributed by atoms with Gasteiger partial charge in [0.05, 0.1) is 30.9 Å². The van der Waals surface area contributed by atoms with Gasteiger partial charge in [0, 0.05) is 17.1 Å². The number of hydrogen-bond donors (Lipinski definition) is 1. The monoisotopic (exact) mass is 297 g/mol. The lowest BCUT2D eigenvalue weighted by Crippen LogP contribution is -2.10. The van der Waals surface area contributed by atoms with E-state index < -0.39 is 6.10 Å². The Morgan fingerprint density at radius 1 is 1.45 bits per heavy atom. The number of benzene rings is 1. The van der Waals surface area contributed by atoms with Gasteiger partial charge < -0.3 is 19.1 Å². The maximum Gasteiger partial charge on any atom is 0.325 e. The number of ether oxygens (including phenoxy) is 2. The quantitative estimate of drug-likeness (QED) is 0.881. The largest absolute Gasteiger partial charge is 0.495 e. The van der Waals surface area contributed by atoms with Crippen LogP contribution in [-0.2, 0) is 16.1 Å². The summed E-state index contributed by atoms with van der Waals surface area (Å²) in [7, 11) is 2.86. The summed E-state index contributed by atoms with van der Waals surface area (Å²) >= 11 is 6.12. The Morgan fingerprint density at radius 3 is 2.70 bits per heavy atom. The minimum absolute atomic E-state index is 0.0579. The molecule has 1 atom stereocenters. The Morgan fingerprint density at radius 2 is 2.15 bits per heavy atom. The van der Waals surface area contributed by atoms with Crippen LogP contribution in [0.25, 0.3) is 10.9 Å². The molecule has 0 fully saturated rings. The van der Waals surface area contributed by atoms with Gasteiger partial charge in [-0.25, -0.2) is 0 Å². The molecule has 2 rings (SSSR count). The first-order valence-corrected chi connectivity index (χ1v) is 6.47. The average molecular weight is 298 g/mol. The fraction of sp³-hybridized carbons (Fsp3) is 0.357. The van der Waals surface area contributed by atoms with E-state index in [0.717, 1.165) is 10.9 Å². The molecule has 1 aromatic heterocycles. The van der Waals surface area contributed by atoms with E-state index in [-0.39, 0.29) is 12.5 Å². The van der Waals surface area contributed by atoms with Crippen molar-refractivity contribution in [3.05, 3.63) is 28.9 Å². The minimum Gasteiger partial charge on any atom is -0.495 e. The highest BCUT2D eigenvalue weighted by Gasteiger charge is 2.17. The molecule has 1 aromatic carbocycles. The maximum absolute atomic E-state index is 11.4. The number of carbonyl (C=O) groups is 1. The number of rotatable bonds is 4. The highest BCUT2D eigenvalue weighted by Crippen LogP contribution is 2.34. The molecule has 20 heavy (non-hydrogen) atoms. The second kappa shape index (κ2) is 5.73. The van der Waals surface area contributed by atoms with Crippen LogP contribution < -0.4 is 4.74 Å². The predicted molar refractivity (Wildman–Crippen MR) is 76.1 cm³/mol. The number of aliphatic hydroxyl groups is 1. The van der Waals surface area contributed by atoms with Crippen molar-refractivity contribution in [1.82, 2.24) is 4.57 Å². The van der Waals surface area contributed by atoms with E-state index >= 15 is 0 Å². The van der Waals surface area contributed by atoms with Crippen LogP contribution in [0.4, 0.5) is 0 Å². The molecule has 0 bridgehead atoms. The summed E-state index contributed by atoms with van der Waals surface area (Å²) in [4.78, 5) is 11.4. The highest BCUT2D eigenvalue weighted by molar-refractivity contribution is 6.32. The lowest BCUT2D eigenvalue weighted by atomic mass is 10.1. The molecule has 0 radical (unpaired) electrons. The first kappa shape index (κ1) is 14.7. The van der Waals surface area contributed by atoms with Crippen LogP contribution in [-0.4, -0.2) is 29.9 Å². The summed E-state index contributed by atoms with van der Waals surface area (Å²) in [6, 6.07) is 3.47. The maximum atomic E-state index is 11.4. The molecule has 1 heterocycles. The molecule has 2 aromatic rings. The fourth-order valence-electron chi connectivity index (χ4n) is 2.14. The van der Waals surface area contributed by atoms with Gasteiger partial charge in [-0.05, 0) is 19.1 Å². The van der Waals surface area contributed by atoms with Crippen molar-refractivity contribution in [2.45, 2.75) is 19.6 Å². The number of esters is 1. The molecule has 0 saturated heterocycles. The summed E-state index contributed by atoms with van der Waals surface area (Å²) in [6.45, 7) is 1.72. The normalized spacial score (nSPS) is 12.4. The van der Waals surface area contributed by atoms with E-state index in [1.807, 2.05) is 0 Å². The third kappa shape index (κ3) is 2.59. The molecule has 0 amide bonds. The first-order chi connectivity index (χ1) is 9.47. The lowest BCUT2D eigenvalue weighted by molar-refractivity contribution is -0.141. The molecule has 0 aliphatic carbocycles. The average Bonchev–Trinajstić information content (AvgIpc) is 2.75. The van der Waals surface area contributed by atoms with Gasteiger partial charge in [-0.2, -0.15) is 0 Å². The predicted octanol–water partition coefficient (Wildman–Crippen LogP) is 2.53. The van der Waals surface area contributed by atoms with Gasteiger partial charge in [-0.1, -0.05) is 11.6 Å². The summed E-state index contributed by atoms with van der Waals surface area (Å²) in [6.07, 6.45) is 1.06. The van der Waals surface area contributed by atoms with Crippen molar-refractivity contribution in [3.63, 3.8) is 0 Å². The van der Waals surface area contributed by atoms with E-state index in [2.05, 4.69) is 4.74 Å². The molecule has 0 aliphatic heterocycles. The smallest absolute Gasteiger partial charge is 0.325 e. The number of nitrogens with zero attached hydrogens (tertiary/aromatic N) is 1. The van der Waals surface area contributed by atoms with Crippen LogP contribution in [0.15, 0.2) is 18.3 Å². The second-order valence-electron chi connectivity index (χ2n) is 4.47. The van der Waals surface area contributed by atoms with Crippen LogP contribution in [0.1, 0.15) is 18.6 Å². The van der Waals surface area contributed by atoms with Crippen molar-refractivity contribution in [1.29, 1.82) is 0 Å². The number of hydrogen-bond acceptors (Lipinski definition) is 4. The van der Waals surface area contributed by atoms with Crippen LogP contribution in [0.2, 0.25) is 5.02 Å². The van der Waals surface area contributed by atoms with Gasteiger partial charge in [0.2, 0.25) is 0 Å². The molecular weight excluding hydrogens is 282 g/mol. The van der Waals surface area contributed by atoms with E-state index in [9.17, 15) is 9.90 Å².